The van der Waals surface area contributed by atoms with Crippen molar-refractivity contribution in [3.63, 3.8) is 0 Å². The van der Waals surface area contributed by atoms with Crippen LogP contribution in [-0.2, 0) is 20.9 Å². The van der Waals surface area contributed by atoms with Crippen molar-refractivity contribution in [2.24, 2.45) is 0 Å². The average molecular weight is 472 g/mol. The Hall–Kier alpha value is -1.89. The molecule has 1 N–H and O–H groups in total. The van der Waals surface area contributed by atoms with Crippen molar-refractivity contribution in [2.75, 3.05) is 0 Å². The molecule has 0 amide bonds. The fourth-order valence-electron chi connectivity index (χ4n) is 5.17. The highest BCUT2D eigenvalue weighted by Crippen LogP contribution is 2.45. The summed E-state index contributed by atoms with van der Waals surface area (Å²) in [4.78, 5) is 0.279. The molecule has 174 valence electrons. The average Bonchev–Trinajstić information content (AvgIpc) is 2.71. The fraction of sp³-hybridized carbons (Fsp3) is 0.462. The van der Waals surface area contributed by atoms with Crippen molar-refractivity contribution >= 4 is 24.4 Å². The summed E-state index contributed by atoms with van der Waals surface area (Å²) < 4.78 is 36.5. The van der Waals surface area contributed by atoms with Gasteiger partial charge in [-0.15, -0.1) is 0 Å². The lowest BCUT2D eigenvalue weighted by Crippen LogP contribution is -2.50. The number of hydrogen-bond acceptors (Lipinski definition) is 3. The molecule has 0 radical (unpaired) electrons. The maximum atomic E-state index is 13.3. The standard InChI is InChI=1S/C26H37NO3SSi/c1-18(2)32(19(3)4,20(5)6)30-26-17-23-11-9-8-10-22(23)16-25(26)27-31(28,29)24-14-12-21(7)13-15-24/h8-15,17-20,25,27H,16H2,1-7H3. The van der Waals surface area contributed by atoms with Gasteiger partial charge >= 0.3 is 0 Å². The van der Waals surface area contributed by atoms with Crippen LogP contribution in [0.4, 0.5) is 0 Å². The van der Waals surface area contributed by atoms with Gasteiger partial charge in [0, 0.05) is 0 Å². The molecule has 1 aliphatic rings. The molecule has 0 saturated heterocycles. The number of aryl methyl sites for hydroxylation is 1. The van der Waals surface area contributed by atoms with E-state index in [1.165, 1.54) is 0 Å². The first kappa shape index (κ1) is 24.7. The highest BCUT2D eigenvalue weighted by atomic mass is 32.2. The molecule has 1 unspecified atom stereocenters. The maximum Gasteiger partial charge on any atom is 0.258 e. The van der Waals surface area contributed by atoms with Crippen LogP contribution in [0.15, 0.2) is 59.2 Å². The Balaban J connectivity index is 2.03. The third-order valence-corrected chi connectivity index (χ3v) is 14.2. The van der Waals surface area contributed by atoms with Gasteiger partial charge in [0.25, 0.3) is 8.32 Å². The summed E-state index contributed by atoms with van der Waals surface area (Å²) in [7, 11) is -5.93. The van der Waals surface area contributed by atoms with Gasteiger partial charge in [0.15, 0.2) is 0 Å². The quantitative estimate of drug-likeness (QED) is 0.451. The van der Waals surface area contributed by atoms with Crippen LogP contribution in [0.3, 0.4) is 0 Å². The minimum Gasteiger partial charge on any atom is -0.544 e. The van der Waals surface area contributed by atoms with Crippen LogP contribution in [0.1, 0.15) is 58.2 Å². The number of benzene rings is 2. The molecule has 32 heavy (non-hydrogen) atoms. The molecule has 6 heteroatoms. The van der Waals surface area contributed by atoms with E-state index < -0.39 is 24.4 Å². The number of nitrogens with one attached hydrogen (secondary N) is 1. The van der Waals surface area contributed by atoms with Crippen LogP contribution < -0.4 is 4.72 Å². The Morgan fingerprint density at radius 2 is 1.47 bits per heavy atom. The third-order valence-electron chi connectivity index (χ3n) is 6.75. The number of fused-ring (bicyclic) bond motifs is 1. The first-order chi connectivity index (χ1) is 15.0. The monoisotopic (exact) mass is 471 g/mol. The van der Waals surface area contributed by atoms with Crippen LogP contribution in [-0.4, -0.2) is 22.8 Å². The fourth-order valence-corrected chi connectivity index (χ4v) is 11.7. The van der Waals surface area contributed by atoms with Crippen LogP contribution >= 0.6 is 0 Å². The number of sulfonamides is 1. The maximum absolute atomic E-state index is 13.3. The first-order valence-corrected chi connectivity index (χ1v) is 15.2. The van der Waals surface area contributed by atoms with E-state index in [4.69, 9.17) is 4.43 Å². The molecule has 0 heterocycles. The van der Waals surface area contributed by atoms with Crippen LogP contribution in [0.5, 0.6) is 0 Å². The van der Waals surface area contributed by atoms with Gasteiger partial charge in [-0.3, -0.25) is 0 Å². The van der Waals surface area contributed by atoms with Gasteiger partial charge in [-0.05, 0) is 59.3 Å². The van der Waals surface area contributed by atoms with Gasteiger partial charge in [0.1, 0.15) is 0 Å². The summed E-state index contributed by atoms with van der Waals surface area (Å²) in [6, 6.07) is 14.7. The Kier molecular flexibility index (Phi) is 7.37. The van der Waals surface area contributed by atoms with Gasteiger partial charge in [-0.1, -0.05) is 83.5 Å². The molecular weight excluding hydrogens is 434 g/mol. The molecular formula is C26H37NO3SSi. The van der Waals surface area contributed by atoms with Crippen LogP contribution in [0, 0.1) is 6.92 Å². The number of hydrogen-bond donors (Lipinski definition) is 1. The van der Waals surface area contributed by atoms with Gasteiger partial charge < -0.3 is 4.43 Å². The summed E-state index contributed by atoms with van der Waals surface area (Å²) in [6.07, 6.45) is 2.63. The Bertz CT molecular complexity index is 1050. The molecule has 0 saturated carbocycles. The predicted octanol–water partition coefficient (Wildman–Crippen LogP) is 6.43. The minimum absolute atomic E-state index is 0.279. The summed E-state index contributed by atoms with van der Waals surface area (Å²) in [5.41, 5.74) is 4.45. The molecule has 0 fully saturated rings. The zero-order chi connectivity index (χ0) is 23.7. The Morgan fingerprint density at radius 3 is 2.03 bits per heavy atom. The Labute approximate surface area is 195 Å². The molecule has 1 aliphatic carbocycles. The first-order valence-electron chi connectivity index (χ1n) is 11.5. The zero-order valence-electron chi connectivity index (χ0n) is 20.3. The lowest BCUT2D eigenvalue weighted by molar-refractivity contribution is 0.332. The zero-order valence-corrected chi connectivity index (χ0v) is 22.2. The van der Waals surface area contributed by atoms with Gasteiger partial charge in [-0.2, -0.15) is 0 Å². The van der Waals surface area contributed by atoms with Gasteiger partial charge in [0.05, 0.1) is 16.7 Å². The lowest BCUT2D eigenvalue weighted by Gasteiger charge is -2.44. The molecule has 2 aromatic rings. The van der Waals surface area contributed by atoms with E-state index in [1.807, 2.05) is 31.2 Å². The van der Waals surface area contributed by atoms with Crippen molar-refractivity contribution in [1.82, 2.24) is 4.72 Å². The van der Waals surface area contributed by atoms with Crippen LogP contribution in [0.25, 0.3) is 6.08 Å². The minimum atomic E-state index is -3.68. The largest absolute Gasteiger partial charge is 0.544 e. The van der Waals surface area contributed by atoms with Crippen molar-refractivity contribution in [3.05, 3.63) is 71.0 Å². The van der Waals surface area contributed by atoms with E-state index in [0.29, 0.717) is 23.0 Å². The van der Waals surface area contributed by atoms with Crippen LogP contribution in [0.2, 0.25) is 16.6 Å². The van der Waals surface area contributed by atoms with E-state index in [-0.39, 0.29) is 4.90 Å². The summed E-state index contributed by atoms with van der Waals surface area (Å²) >= 11 is 0. The highest BCUT2D eigenvalue weighted by Gasteiger charge is 2.48. The summed E-state index contributed by atoms with van der Waals surface area (Å²) in [5.74, 6) is 0.752. The third kappa shape index (κ3) is 4.87. The second-order valence-corrected chi connectivity index (χ2v) is 16.9. The molecule has 1 atom stereocenters. The van der Waals surface area contributed by atoms with Crippen molar-refractivity contribution in [2.45, 2.75) is 82.4 Å². The normalized spacial score (nSPS) is 16.9. The van der Waals surface area contributed by atoms with Crippen molar-refractivity contribution < 1.29 is 12.8 Å². The molecule has 0 spiro atoms. The van der Waals surface area contributed by atoms with E-state index in [9.17, 15) is 8.42 Å². The van der Waals surface area contributed by atoms with E-state index in [1.54, 1.807) is 12.1 Å². The summed E-state index contributed by atoms with van der Waals surface area (Å²) in [6.45, 7) is 15.4. The molecule has 0 aromatic heterocycles. The Morgan fingerprint density at radius 1 is 0.906 bits per heavy atom. The molecule has 4 nitrogen and oxygen atoms in total. The predicted molar refractivity (Wildman–Crippen MR) is 136 cm³/mol. The van der Waals surface area contributed by atoms with Gasteiger partial charge in [0.2, 0.25) is 10.0 Å². The molecule has 0 bridgehead atoms. The van der Waals surface area contributed by atoms with Crippen molar-refractivity contribution in [3.8, 4) is 0 Å². The number of rotatable bonds is 8. The molecule has 2 aromatic carbocycles. The topological polar surface area (TPSA) is 55.4 Å². The second kappa shape index (κ2) is 9.54. The molecule has 0 aliphatic heterocycles. The second-order valence-electron chi connectivity index (χ2n) is 9.86. The SMILES string of the molecule is Cc1ccc(S(=O)(=O)NC2Cc3ccccc3C=C2O[Si](C(C)C)(C(C)C)C(C)C)cc1. The summed E-state index contributed by atoms with van der Waals surface area (Å²) in [5, 5.41) is 0. The van der Waals surface area contributed by atoms with Crippen molar-refractivity contribution in [1.29, 1.82) is 0 Å². The smallest absolute Gasteiger partial charge is 0.258 e. The van der Waals surface area contributed by atoms with E-state index in [2.05, 4.69) is 64.5 Å². The van der Waals surface area contributed by atoms with E-state index >= 15 is 0 Å². The highest BCUT2D eigenvalue weighted by molar-refractivity contribution is 7.89. The van der Waals surface area contributed by atoms with E-state index in [0.717, 1.165) is 22.4 Å². The lowest BCUT2D eigenvalue weighted by atomic mass is 9.93. The molecule has 3 rings (SSSR count). The van der Waals surface area contributed by atoms with Gasteiger partial charge in [-0.25, -0.2) is 13.1 Å².